The molecule has 17 heavy (non-hydrogen) atoms. The highest BCUT2D eigenvalue weighted by atomic mass is 16.6. The van der Waals surface area contributed by atoms with Gasteiger partial charge in [-0.3, -0.25) is 0 Å². The second-order valence-electron chi connectivity index (χ2n) is 4.94. The number of alkyl carbamates (subject to hydrolysis) is 1. The Hall–Kier alpha value is -1.52. The van der Waals surface area contributed by atoms with E-state index in [0.29, 0.717) is 0 Å². The largest absolute Gasteiger partial charge is 0.467 e. The molecule has 0 aliphatic rings. The Balaban J connectivity index is 4.71. The van der Waals surface area contributed by atoms with Crippen molar-refractivity contribution in [3.63, 3.8) is 0 Å². The molecule has 1 N–H and O–H groups in total. The van der Waals surface area contributed by atoms with Gasteiger partial charge in [-0.1, -0.05) is 6.08 Å². The van der Waals surface area contributed by atoms with Gasteiger partial charge in [0.15, 0.2) is 0 Å². The number of esters is 1. The first kappa shape index (κ1) is 15.5. The Labute approximate surface area is 102 Å². The Bertz CT molecular complexity index is 306. The maximum absolute atomic E-state index is 11.6. The predicted molar refractivity (Wildman–Crippen MR) is 64.6 cm³/mol. The molecule has 0 aliphatic carbocycles. The fourth-order valence-electron chi connectivity index (χ4n) is 1.23. The van der Waals surface area contributed by atoms with Crippen molar-refractivity contribution in [3.05, 3.63) is 12.7 Å². The first-order valence-electron chi connectivity index (χ1n) is 5.35. The summed E-state index contributed by atoms with van der Waals surface area (Å²) in [5.74, 6) is -0.539. The zero-order chi connectivity index (χ0) is 13.7. The molecule has 0 aliphatic heterocycles. The van der Waals surface area contributed by atoms with E-state index in [1.165, 1.54) is 13.2 Å². The molecule has 1 unspecified atom stereocenters. The van der Waals surface area contributed by atoms with Gasteiger partial charge in [0.1, 0.15) is 11.1 Å². The van der Waals surface area contributed by atoms with Crippen molar-refractivity contribution in [2.45, 2.75) is 45.3 Å². The van der Waals surface area contributed by atoms with Gasteiger partial charge in [-0.2, -0.15) is 0 Å². The van der Waals surface area contributed by atoms with Gasteiger partial charge in [0.25, 0.3) is 0 Å². The van der Waals surface area contributed by atoms with E-state index < -0.39 is 23.2 Å². The van der Waals surface area contributed by atoms with Crippen LogP contribution in [0.2, 0.25) is 0 Å². The van der Waals surface area contributed by atoms with E-state index in [4.69, 9.17) is 4.74 Å². The van der Waals surface area contributed by atoms with Gasteiger partial charge in [0.05, 0.1) is 7.11 Å². The maximum Gasteiger partial charge on any atom is 0.408 e. The van der Waals surface area contributed by atoms with E-state index in [1.807, 2.05) is 0 Å². The van der Waals surface area contributed by atoms with E-state index in [9.17, 15) is 9.59 Å². The first-order valence-corrected chi connectivity index (χ1v) is 5.35. The van der Waals surface area contributed by atoms with Crippen LogP contribution < -0.4 is 5.32 Å². The lowest BCUT2D eigenvalue weighted by atomic mass is 9.98. The van der Waals surface area contributed by atoms with Crippen LogP contribution in [0.1, 0.15) is 34.1 Å². The number of amides is 1. The fraction of sp³-hybridized carbons (Fsp3) is 0.667. The molecule has 0 saturated heterocycles. The lowest BCUT2D eigenvalue weighted by Gasteiger charge is -2.28. The van der Waals surface area contributed by atoms with Crippen LogP contribution in [-0.2, 0) is 14.3 Å². The highest BCUT2D eigenvalue weighted by Crippen LogP contribution is 2.14. The smallest absolute Gasteiger partial charge is 0.408 e. The van der Waals surface area contributed by atoms with E-state index >= 15 is 0 Å². The molecule has 0 aromatic carbocycles. The van der Waals surface area contributed by atoms with Gasteiger partial charge in [0.2, 0.25) is 0 Å². The van der Waals surface area contributed by atoms with Crippen LogP contribution in [0.3, 0.4) is 0 Å². The lowest BCUT2D eigenvalue weighted by molar-refractivity contribution is -0.147. The molecule has 0 rings (SSSR count). The topological polar surface area (TPSA) is 64.6 Å². The molecule has 1 atom stereocenters. The number of carbonyl (C=O) groups excluding carboxylic acids is 2. The fourth-order valence-corrected chi connectivity index (χ4v) is 1.23. The minimum absolute atomic E-state index is 0.263. The van der Waals surface area contributed by atoms with Crippen LogP contribution in [0.25, 0.3) is 0 Å². The monoisotopic (exact) mass is 243 g/mol. The second-order valence-corrected chi connectivity index (χ2v) is 4.94. The summed E-state index contributed by atoms with van der Waals surface area (Å²) in [4.78, 5) is 23.2. The van der Waals surface area contributed by atoms with E-state index in [-0.39, 0.29) is 6.42 Å². The minimum Gasteiger partial charge on any atom is -0.467 e. The SMILES string of the molecule is C=CCC(C)(NC(=O)OC(C)(C)C)C(=O)OC. The summed E-state index contributed by atoms with van der Waals surface area (Å²) >= 11 is 0. The third kappa shape index (κ3) is 5.38. The molecule has 0 saturated carbocycles. The van der Waals surface area contributed by atoms with Crippen molar-refractivity contribution in [1.29, 1.82) is 0 Å². The van der Waals surface area contributed by atoms with Crippen molar-refractivity contribution in [2.75, 3.05) is 7.11 Å². The molecule has 0 aromatic heterocycles. The van der Waals surface area contributed by atoms with Crippen molar-refractivity contribution >= 4 is 12.1 Å². The van der Waals surface area contributed by atoms with Crippen LogP contribution in [0.15, 0.2) is 12.7 Å². The molecule has 0 spiro atoms. The van der Waals surface area contributed by atoms with Gasteiger partial charge in [0, 0.05) is 0 Å². The Kier molecular flexibility index (Phi) is 5.19. The van der Waals surface area contributed by atoms with Crippen LogP contribution in [0.5, 0.6) is 0 Å². The molecular weight excluding hydrogens is 222 g/mol. The van der Waals surface area contributed by atoms with E-state index in [1.54, 1.807) is 27.7 Å². The number of nitrogens with one attached hydrogen (secondary N) is 1. The van der Waals surface area contributed by atoms with Gasteiger partial charge < -0.3 is 14.8 Å². The average molecular weight is 243 g/mol. The van der Waals surface area contributed by atoms with E-state index in [0.717, 1.165) is 0 Å². The summed E-state index contributed by atoms with van der Waals surface area (Å²) in [6.45, 7) is 10.3. The van der Waals surface area contributed by atoms with Gasteiger partial charge in [-0.25, -0.2) is 9.59 Å². The quantitative estimate of drug-likeness (QED) is 0.606. The van der Waals surface area contributed by atoms with E-state index in [2.05, 4.69) is 16.6 Å². The van der Waals surface area contributed by atoms with Crippen LogP contribution in [0.4, 0.5) is 4.79 Å². The summed E-state index contributed by atoms with van der Waals surface area (Å²) in [6.07, 6.45) is 1.14. The maximum atomic E-state index is 11.6. The Morgan fingerprint density at radius 3 is 2.18 bits per heavy atom. The zero-order valence-electron chi connectivity index (χ0n) is 11.1. The Morgan fingerprint density at radius 1 is 1.29 bits per heavy atom. The number of ether oxygens (including phenoxy) is 2. The summed E-state index contributed by atoms with van der Waals surface area (Å²) in [5, 5.41) is 2.49. The van der Waals surface area contributed by atoms with Gasteiger partial charge in [-0.05, 0) is 34.1 Å². The number of methoxy groups -OCH3 is 1. The van der Waals surface area contributed by atoms with Gasteiger partial charge in [-0.15, -0.1) is 6.58 Å². The molecule has 98 valence electrons. The third-order valence-electron chi connectivity index (χ3n) is 1.97. The lowest BCUT2D eigenvalue weighted by Crippen LogP contribution is -2.53. The van der Waals surface area contributed by atoms with Crippen molar-refractivity contribution in [1.82, 2.24) is 5.32 Å². The van der Waals surface area contributed by atoms with Crippen molar-refractivity contribution in [2.24, 2.45) is 0 Å². The summed E-state index contributed by atoms with van der Waals surface area (Å²) < 4.78 is 9.72. The molecule has 0 radical (unpaired) electrons. The molecule has 0 aromatic rings. The highest BCUT2D eigenvalue weighted by molar-refractivity contribution is 5.85. The predicted octanol–water partition coefficient (Wildman–Crippen LogP) is 2.02. The Morgan fingerprint density at radius 2 is 1.82 bits per heavy atom. The molecule has 5 heteroatoms. The minimum atomic E-state index is -1.15. The van der Waals surface area contributed by atoms with Crippen LogP contribution in [-0.4, -0.2) is 30.3 Å². The zero-order valence-corrected chi connectivity index (χ0v) is 11.1. The van der Waals surface area contributed by atoms with Gasteiger partial charge >= 0.3 is 12.1 Å². The number of carbonyl (C=O) groups is 2. The van der Waals surface area contributed by atoms with Crippen LogP contribution in [0, 0.1) is 0 Å². The summed E-state index contributed by atoms with van der Waals surface area (Å²) in [6, 6.07) is 0. The summed E-state index contributed by atoms with van der Waals surface area (Å²) in [7, 11) is 1.26. The normalized spacial score (nSPS) is 14.4. The molecule has 0 bridgehead atoms. The molecule has 0 heterocycles. The van der Waals surface area contributed by atoms with Crippen molar-refractivity contribution < 1.29 is 19.1 Å². The van der Waals surface area contributed by atoms with Crippen LogP contribution >= 0.6 is 0 Å². The van der Waals surface area contributed by atoms with Crippen molar-refractivity contribution in [3.8, 4) is 0 Å². The molecule has 5 nitrogen and oxygen atoms in total. The summed E-state index contributed by atoms with van der Waals surface area (Å²) in [5.41, 5.74) is -1.77. The highest BCUT2D eigenvalue weighted by Gasteiger charge is 2.36. The number of hydrogen-bond donors (Lipinski definition) is 1. The molecule has 0 fully saturated rings. The number of rotatable bonds is 4. The first-order chi connectivity index (χ1) is 7.64. The standard InChI is InChI=1S/C12H21NO4/c1-7-8-12(5,9(14)16-6)13-10(15)17-11(2,3)4/h7H,1,8H2,2-6H3,(H,13,15). The molecular formula is C12H21NO4. The second kappa shape index (κ2) is 5.70. The number of hydrogen-bond acceptors (Lipinski definition) is 4. The molecule has 1 amide bonds. The average Bonchev–Trinajstić information content (AvgIpc) is 2.13. The third-order valence-corrected chi connectivity index (χ3v) is 1.97.